The third-order valence-electron chi connectivity index (χ3n) is 3.93. The number of carbonyl (C=O) groups excluding carboxylic acids is 1. The number of hydrogen-bond donors (Lipinski definition) is 2. The summed E-state index contributed by atoms with van der Waals surface area (Å²) >= 11 is 0. The Morgan fingerprint density at radius 1 is 1.35 bits per heavy atom. The molecular weight excluding hydrogens is 272 g/mol. The zero-order valence-electron chi connectivity index (χ0n) is 12.4. The van der Waals surface area contributed by atoms with Crippen LogP contribution < -0.4 is 11.1 Å². The Balaban J connectivity index is 0.00000200. The van der Waals surface area contributed by atoms with Gasteiger partial charge in [0, 0.05) is 5.69 Å². The van der Waals surface area contributed by atoms with E-state index in [0.29, 0.717) is 6.42 Å². The minimum Gasteiger partial charge on any atom is -0.324 e. The number of halogens is 1. The van der Waals surface area contributed by atoms with Crippen LogP contribution in [0.5, 0.6) is 0 Å². The van der Waals surface area contributed by atoms with Gasteiger partial charge in [-0.2, -0.15) is 0 Å². The summed E-state index contributed by atoms with van der Waals surface area (Å²) in [6, 6.07) is 6.18. The fraction of sp³-hybridized carbons (Fsp3) is 0.562. The van der Waals surface area contributed by atoms with E-state index >= 15 is 0 Å². The second kappa shape index (κ2) is 7.09. The van der Waals surface area contributed by atoms with Crippen LogP contribution in [0.3, 0.4) is 0 Å². The number of nitrogens with one attached hydrogen (secondary N) is 1. The van der Waals surface area contributed by atoms with Gasteiger partial charge >= 0.3 is 0 Å². The summed E-state index contributed by atoms with van der Waals surface area (Å²) in [7, 11) is 0. The molecule has 1 aliphatic rings. The van der Waals surface area contributed by atoms with Gasteiger partial charge in [0.25, 0.3) is 0 Å². The van der Waals surface area contributed by atoms with Crippen molar-refractivity contribution in [3.05, 3.63) is 29.3 Å². The highest BCUT2D eigenvalue weighted by Crippen LogP contribution is 2.28. The highest BCUT2D eigenvalue weighted by atomic mass is 35.5. The van der Waals surface area contributed by atoms with E-state index in [9.17, 15) is 4.79 Å². The molecule has 1 amide bonds. The lowest BCUT2D eigenvalue weighted by Crippen LogP contribution is -2.48. The van der Waals surface area contributed by atoms with E-state index in [2.05, 4.69) is 11.4 Å². The van der Waals surface area contributed by atoms with Gasteiger partial charge in [-0.1, -0.05) is 25.5 Å². The molecule has 1 unspecified atom stereocenters. The summed E-state index contributed by atoms with van der Waals surface area (Å²) in [5.41, 5.74) is 8.92. The highest BCUT2D eigenvalue weighted by Gasteiger charge is 2.28. The molecule has 0 bridgehead atoms. The molecule has 1 aliphatic carbocycles. The number of benzene rings is 1. The Kier molecular flexibility index (Phi) is 6.03. The molecule has 0 aromatic heterocycles. The number of nitrogens with two attached hydrogens (primary N) is 1. The molecule has 2 rings (SSSR count). The molecule has 1 atom stereocenters. The number of fused-ring (bicyclic) bond motifs is 1. The van der Waals surface area contributed by atoms with E-state index in [-0.39, 0.29) is 18.3 Å². The third-order valence-corrected chi connectivity index (χ3v) is 3.93. The minimum absolute atomic E-state index is 0. The number of amides is 1. The molecule has 0 heterocycles. The smallest absolute Gasteiger partial charge is 0.244 e. The summed E-state index contributed by atoms with van der Waals surface area (Å²) in [5.74, 6) is -0.0756. The Morgan fingerprint density at radius 2 is 2.05 bits per heavy atom. The molecule has 0 spiro atoms. The Morgan fingerprint density at radius 3 is 2.75 bits per heavy atom. The average Bonchev–Trinajstić information content (AvgIpc) is 2.39. The van der Waals surface area contributed by atoms with E-state index < -0.39 is 5.54 Å². The minimum atomic E-state index is -0.786. The Hall–Kier alpha value is -1.06. The van der Waals surface area contributed by atoms with Crippen LogP contribution in [0.2, 0.25) is 0 Å². The van der Waals surface area contributed by atoms with Crippen molar-refractivity contribution in [2.45, 2.75) is 57.9 Å². The van der Waals surface area contributed by atoms with Crippen LogP contribution in [0.25, 0.3) is 0 Å². The predicted molar refractivity (Wildman–Crippen MR) is 86.5 cm³/mol. The number of carbonyl (C=O) groups is 1. The van der Waals surface area contributed by atoms with Crippen LogP contribution in [0.1, 0.15) is 50.7 Å². The van der Waals surface area contributed by atoms with E-state index in [1.165, 1.54) is 24.0 Å². The summed E-state index contributed by atoms with van der Waals surface area (Å²) < 4.78 is 0. The monoisotopic (exact) mass is 296 g/mol. The molecule has 112 valence electrons. The van der Waals surface area contributed by atoms with E-state index in [4.69, 9.17) is 5.73 Å². The molecule has 0 saturated heterocycles. The van der Waals surface area contributed by atoms with Gasteiger partial charge in [-0.3, -0.25) is 4.79 Å². The highest BCUT2D eigenvalue weighted by molar-refractivity contribution is 5.98. The molecule has 20 heavy (non-hydrogen) atoms. The summed E-state index contributed by atoms with van der Waals surface area (Å²) in [5, 5.41) is 3.03. The standard InChI is InChI=1S/C16H24N2O.ClH/c1-3-11-16(2,17)15(19)18-14-10-6-8-12-7-4-5-9-13(12)14;/h6,8,10H,3-5,7,9,11,17H2,1-2H3,(H,18,19);1H. The summed E-state index contributed by atoms with van der Waals surface area (Å²) in [6.07, 6.45) is 6.24. The first kappa shape index (κ1) is 17.0. The molecule has 0 aliphatic heterocycles. The van der Waals surface area contributed by atoms with Crippen molar-refractivity contribution in [2.24, 2.45) is 5.73 Å². The maximum atomic E-state index is 12.3. The molecule has 3 nitrogen and oxygen atoms in total. The van der Waals surface area contributed by atoms with Gasteiger partial charge in [0.05, 0.1) is 5.54 Å². The second-order valence-corrected chi connectivity index (χ2v) is 5.77. The van der Waals surface area contributed by atoms with Gasteiger partial charge in [-0.15, -0.1) is 12.4 Å². The number of aryl methyl sites for hydroxylation is 1. The number of hydrogen-bond acceptors (Lipinski definition) is 2. The van der Waals surface area contributed by atoms with E-state index in [1.807, 2.05) is 19.1 Å². The van der Waals surface area contributed by atoms with Crippen molar-refractivity contribution in [1.29, 1.82) is 0 Å². The lowest BCUT2D eigenvalue weighted by Gasteiger charge is -2.25. The van der Waals surface area contributed by atoms with Gasteiger partial charge < -0.3 is 11.1 Å². The quantitative estimate of drug-likeness (QED) is 0.894. The molecule has 1 aromatic rings. The molecule has 0 saturated carbocycles. The fourth-order valence-corrected chi connectivity index (χ4v) is 2.80. The van der Waals surface area contributed by atoms with Crippen LogP contribution in [0, 0.1) is 0 Å². The van der Waals surface area contributed by atoms with Gasteiger partial charge in [0.15, 0.2) is 0 Å². The number of rotatable bonds is 4. The molecule has 0 fully saturated rings. The van der Waals surface area contributed by atoms with Crippen LogP contribution in [0.15, 0.2) is 18.2 Å². The Bertz CT molecular complexity index is 472. The molecule has 0 radical (unpaired) electrons. The zero-order chi connectivity index (χ0) is 13.9. The van der Waals surface area contributed by atoms with Crippen molar-refractivity contribution in [3.63, 3.8) is 0 Å². The molecular formula is C16H25ClN2O. The maximum absolute atomic E-state index is 12.3. The van der Waals surface area contributed by atoms with E-state index in [1.54, 1.807) is 6.92 Å². The molecule has 4 heteroatoms. The van der Waals surface area contributed by atoms with Gasteiger partial charge in [-0.05, 0) is 56.2 Å². The maximum Gasteiger partial charge on any atom is 0.244 e. The van der Waals surface area contributed by atoms with Crippen LogP contribution in [0.4, 0.5) is 5.69 Å². The lowest BCUT2D eigenvalue weighted by atomic mass is 9.90. The van der Waals surface area contributed by atoms with Crippen molar-refractivity contribution < 1.29 is 4.79 Å². The largest absolute Gasteiger partial charge is 0.324 e. The fourth-order valence-electron chi connectivity index (χ4n) is 2.80. The molecule has 1 aromatic carbocycles. The van der Waals surface area contributed by atoms with E-state index in [0.717, 1.165) is 24.9 Å². The first-order valence-corrected chi connectivity index (χ1v) is 7.25. The van der Waals surface area contributed by atoms with Gasteiger partial charge in [-0.25, -0.2) is 0 Å². The van der Waals surface area contributed by atoms with Crippen molar-refractivity contribution >= 4 is 24.0 Å². The van der Waals surface area contributed by atoms with Crippen molar-refractivity contribution in [2.75, 3.05) is 5.32 Å². The normalized spacial score (nSPS) is 16.6. The van der Waals surface area contributed by atoms with Crippen LogP contribution in [-0.2, 0) is 17.6 Å². The van der Waals surface area contributed by atoms with Gasteiger partial charge in [0.1, 0.15) is 0 Å². The third kappa shape index (κ3) is 3.74. The van der Waals surface area contributed by atoms with Crippen LogP contribution in [-0.4, -0.2) is 11.4 Å². The Labute approximate surface area is 127 Å². The second-order valence-electron chi connectivity index (χ2n) is 5.77. The topological polar surface area (TPSA) is 55.1 Å². The predicted octanol–water partition coefficient (Wildman–Crippen LogP) is 3.44. The van der Waals surface area contributed by atoms with Gasteiger partial charge in [0.2, 0.25) is 5.91 Å². The first-order chi connectivity index (χ1) is 9.04. The lowest BCUT2D eigenvalue weighted by molar-refractivity contribution is -0.120. The first-order valence-electron chi connectivity index (χ1n) is 7.25. The van der Waals surface area contributed by atoms with Crippen molar-refractivity contribution in [3.8, 4) is 0 Å². The SMILES string of the molecule is CCCC(C)(N)C(=O)Nc1cccc2c1CCCC2.Cl. The zero-order valence-corrected chi connectivity index (χ0v) is 13.2. The number of anilines is 1. The molecule has 3 N–H and O–H groups in total. The summed E-state index contributed by atoms with van der Waals surface area (Å²) in [6.45, 7) is 3.85. The van der Waals surface area contributed by atoms with Crippen LogP contribution >= 0.6 is 12.4 Å². The van der Waals surface area contributed by atoms with Crippen molar-refractivity contribution in [1.82, 2.24) is 0 Å². The average molecular weight is 297 g/mol. The summed E-state index contributed by atoms with van der Waals surface area (Å²) in [4.78, 5) is 12.3.